The van der Waals surface area contributed by atoms with Gasteiger partial charge in [-0.15, -0.1) is 0 Å². The van der Waals surface area contributed by atoms with Crippen molar-refractivity contribution in [2.75, 3.05) is 13.7 Å². The highest BCUT2D eigenvalue weighted by atomic mass is 19.4. The fourth-order valence-corrected chi connectivity index (χ4v) is 2.68. The van der Waals surface area contributed by atoms with Crippen molar-refractivity contribution in [2.24, 2.45) is 0 Å². The van der Waals surface area contributed by atoms with E-state index >= 15 is 0 Å². The summed E-state index contributed by atoms with van der Waals surface area (Å²) in [5.41, 5.74) is 1.57. The van der Waals surface area contributed by atoms with E-state index in [1.54, 1.807) is 13.0 Å². The Kier molecular flexibility index (Phi) is 3.92. The minimum atomic E-state index is -4.42. The molecular formula is C16H20F3NO2. The van der Waals surface area contributed by atoms with Gasteiger partial charge in [-0.1, -0.05) is 26.8 Å². The van der Waals surface area contributed by atoms with Crippen molar-refractivity contribution in [1.29, 1.82) is 0 Å². The monoisotopic (exact) mass is 315 g/mol. The number of carbonyl (C=O) groups excluding carboxylic acids is 1. The number of rotatable bonds is 2. The van der Waals surface area contributed by atoms with E-state index in [-0.39, 0.29) is 11.0 Å². The maximum absolute atomic E-state index is 12.7. The maximum Gasteiger partial charge on any atom is 0.406 e. The molecule has 0 fully saturated rings. The Bertz CT molecular complexity index is 603. The normalized spacial score (nSPS) is 18.6. The van der Waals surface area contributed by atoms with Crippen molar-refractivity contribution in [2.45, 2.75) is 45.3 Å². The van der Waals surface area contributed by atoms with Crippen LogP contribution >= 0.6 is 0 Å². The molecule has 0 N–H and O–H groups in total. The molecule has 1 heterocycles. The molecule has 1 aliphatic rings. The van der Waals surface area contributed by atoms with E-state index in [2.05, 4.69) is 0 Å². The molecule has 0 aromatic heterocycles. The van der Waals surface area contributed by atoms with E-state index < -0.39 is 24.7 Å². The molecular weight excluding hydrogens is 295 g/mol. The molecule has 1 unspecified atom stereocenters. The minimum Gasteiger partial charge on any atom is -0.496 e. The number of ether oxygens (including phenoxy) is 1. The molecule has 0 saturated heterocycles. The average Bonchev–Trinajstić information content (AvgIpc) is 2.60. The average molecular weight is 315 g/mol. The predicted molar refractivity (Wildman–Crippen MR) is 77.2 cm³/mol. The lowest BCUT2D eigenvalue weighted by atomic mass is 9.84. The van der Waals surface area contributed by atoms with Crippen molar-refractivity contribution < 1.29 is 22.7 Å². The number of methoxy groups -OCH3 is 1. The quantitative estimate of drug-likeness (QED) is 0.823. The standard InChI is InChI=1S/C16H20F3NO2/c1-9-11-6-10(15(2,3)4)7-12(22-5)13(11)14(21)20(9)8-16(17,18)19/h6-7,9H,8H2,1-5H3. The first-order valence-electron chi connectivity index (χ1n) is 7.06. The summed E-state index contributed by atoms with van der Waals surface area (Å²) in [7, 11) is 1.42. The van der Waals surface area contributed by atoms with Crippen LogP contribution in [0.1, 0.15) is 55.2 Å². The number of benzene rings is 1. The summed E-state index contributed by atoms with van der Waals surface area (Å²) in [4.78, 5) is 13.2. The lowest BCUT2D eigenvalue weighted by Gasteiger charge is -2.24. The van der Waals surface area contributed by atoms with E-state index in [1.165, 1.54) is 7.11 Å². The molecule has 1 amide bonds. The number of nitrogens with zero attached hydrogens (tertiary/aromatic N) is 1. The Morgan fingerprint density at radius 2 is 1.82 bits per heavy atom. The Balaban J connectivity index is 2.54. The predicted octanol–water partition coefficient (Wildman–Crippen LogP) is 4.07. The zero-order chi connectivity index (χ0) is 16.9. The topological polar surface area (TPSA) is 29.5 Å². The lowest BCUT2D eigenvalue weighted by molar-refractivity contribution is -0.143. The third kappa shape index (κ3) is 2.91. The lowest BCUT2D eigenvalue weighted by Crippen LogP contribution is -2.36. The molecule has 0 radical (unpaired) electrons. The third-order valence-electron chi connectivity index (χ3n) is 3.96. The molecule has 2 rings (SSSR count). The summed E-state index contributed by atoms with van der Waals surface area (Å²) in [6.07, 6.45) is -4.42. The largest absolute Gasteiger partial charge is 0.496 e. The molecule has 3 nitrogen and oxygen atoms in total. The Labute approximate surface area is 128 Å². The van der Waals surface area contributed by atoms with Gasteiger partial charge in [-0.05, 0) is 29.5 Å². The van der Waals surface area contributed by atoms with Gasteiger partial charge in [0.1, 0.15) is 12.3 Å². The second-order valence-electron chi connectivity index (χ2n) is 6.62. The number of halogens is 3. The second kappa shape index (κ2) is 5.18. The van der Waals surface area contributed by atoms with E-state index in [0.717, 1.165) is 10.5 Å². The van der Waals surface area contributed by atoms with E-state index in [0.29, 0.717) is 11.3 Å². The summed E-state index contributed by atoms with van der Waals surface area (Å²) in [6, 6.07) is 2.93. The molecule has 22 heavy (non-hydrogen) atoms. The van der Waals surface area contributed by atoms with Crippen LogP contribution in [-0.2, 0) is 5.41 Å². The first kappa shape index (κ1) is 16.6. The van der Waals surface area contributed by atoms with Crippen LogP contribution in [0.4, 0.5) is 13.2 Å². The summed E-state index contributed by atoms with van der Waals surface area (Å²) in [5, 5.41) is 0. The molecule has 0 bridgehead atoms. The third-order valence-corrected chi connectivity index (χ3v) is 3.96. The molecule has 1 atom stereocenters. The van der Waals surface area contributed by atoms with E-state index in [9.17, 15) is 18.0 Å². The van der Waals surface area contributed by atoms with Gasteiger partial charge in [0.2, 0.25) is 0 Å². The van der Waals surface area contributed by atoms with Crippen LogP contribution in [0.2, 0.25) is 0 Å². The van der Waals surface area contributed by atoms with E-state index in [1.807, 2.05) is 26.8 Å². The van der Waals surface area contributed by atoms with Crippen LogP contribution in [0, 0.1) is 0 Å². The number of amides is 1. The second-order valence-corrected chi connectivity index (χ2v) is 6.62. The molecule has 0 spiro atoms. The molecule has 6 heteroatoms. The zero-order valence-corrected chi connectivity index (χ0v) is 13.3. The van der Waals surface area contributed by atoms with Gasteiger partial charge >= 0.3 is 6.18 Å². The summed E-state index contributed by atoms with van der Waals surface area (Å²) in [6.45, 7) is 6.37. The molecule has 122 valence electrons. The Hall–Kier alpha value is -1.72. The number of hydrogen-bond acceptors (Lipinski definition) is 2. The molecule has 0 aliphatic carbocycles. The van der Waals surface area contributed by atoms with Gasteiger partial charge < -0.3 is 9.64 Å². The number of carbonyl (C=O) groups is 1. The first-order valence-corrected chi connectivity index (χ1v) is 7.06. The fourth-order valence-electron chi connectivity index (χ4n) is 2.68. The Morgan fingerprint density at radius 3 is 2.27 bits per heavy atom. The highest BCUT2D eigenvalue weighted by Gasteiger charge is 2.43. The summed E-state index contributed by atoms with van der Waals surface area (Å²) < 4.78 is 43.4. The SMILES string of the molecule is COc1cc(C(C)(C)C)cc2c1C(=O)N(CC(F)(F)F)C2C. The van der Waals surface area contributed by atoms with Gasteiger partial charge in [-0.25, -0.2) is 0 Å². The Morgan fingerprint density at radius 1 is 1.23 bits per heavy atom. The van der Waals surface area contributed by atoms with E-state index in [4.69, 9.17) is 4.74 Å². The smallest absolute Gasteiger partial charge is 0.406 e. The molecule has 0 saturated carbocycles. The van der Waals surface area contributed by atoms with Gasteiger partial charge in [0, 0.05) is 0 Å². The van der Waals surface area contributed by atoms with Gasteiger partial charge in [0.25, 0.3) is 5.91 Å². The zero-order valence-electron chi connectivity index (χ0n) is 13.3. The van der Waals surface area contributed by atoms with Crippen LogP contribution < -0.4 is 4.74 Å². The van der Waals surface area contributed by atoms with Crippen LogP contribution in [0.5, 0.6) is 5.75 Å². The van der Waals surface area contributed by atoms with Crippen molar-refractivity contribution >= 4 is 5.91 Å². The fraction of sp³-hybridized carbons (Fsp3) is 0.562. The highest BCUT2D eigenvalue weighted by molar-refractivity contribution is 6.02. The van der Waals surface area contributed by atoms with Crippen molar-refractivity contribution in [3.63, 3.8) is 0 Å². The molecule has 1 aromatic carbocycles. The number of alkyl halides is 3. The summed E-state index contributed by atoms with van der Waals surface area (Å²) in [5.74, 6) is -0.291. The van der Waals surface area contributed by atoms with Crippen LogP contribution in [0.15, 0.2) is 12.1 Å². The molecule has 1 aliphatic heterocycles. The van der Waals surface area contributed by atoms with Crippen LogP contribution in [-0.4, -0.2) is 30.6 Å². The first-order chi connectivity index (χ1) is 9.95. The van der Waals surface area contributed by atoms with Crippen molar-refractivity contribution in [3.05, 3.63) is 28.8 Å². The summed E-state index contributed by atoms with van der Waals surface area (Å²) >= 11 is 0. The number of hydrogen-bond donors (Lipinski definition) is 0. The number of fused-ring (bicyclic) bond motifs is 1. The van der Waals surface area contributed by atoms with Gasteiger partial charge in [0.15, 0.2) is 0 Å². The minimum absolute atomic E-state index is 0.192. The molecule has 1 aromatic rings. The van der Waals surface area contributed by atoms with Gasteiger partial charge in [-0.3, -0.25) is 4.79 Å². The van der Waals surface area contributed by atoms with Gasteiger partial charge in [-0.2, -0.15) is 13.2 Å². The van der Waals surface area contributed by atoms with Crippen LogP contribution in [0.3, 0.4) is 0 Å². The van der Waals surface area contributed by atoms with Crippen LogP contribution in [0.25, 0.3) is 0 Å². The van der Waals surface area contributed by atoms with Gasteiger partial charge in [0.05, 0.1) is 18.7 Å². The van der Waals surface area contributed by atoms with Crippen molar-refractivity contribution in [3.8, 4) is 5.75 Å². The maximum atomic E-state index is 12.7. The van der Waals surface area contributed by atoms with Crippen molar-refractivity contribution in [1.82, 2.24) is 4.90 Å². The highest BCUT2D eigenvalue weighted by Crippen LogP contribution is 2.42.